The Bertz CT molecular complexity index is 342. The number of aliphatic hydroxyl groups excluding tert-OH is 1. The lowest BCUT2D eigenvalue weighted by Gasteiger charge is -2.26. The Kier molecular flexibility index (Phi) is 3.48. The van der Waals surface area contributed by atoms with Crippen LogP contribution in [-0.4, -0.2) is 22.8 Å². The summed E-state index contributed by atoms with van der Waals surface area (Å²) < 4.78 is 0. The fourth-order valence-electron chi connectivity index (χ4n) is 1.54. The first-order valence-corrected chi connectivity index (χ1v) is 4.88. The molecule has 0 radical (unpaired) electrons. The number of aliphatic hydroxyl groups is 1. The van der Waals surface area contributed by atoms with Crippen LogP contribution in [0.4, 0.5) is 0 Å². The second-order valence-corrected chi connectivity index (χ2v) is 4.16. The predicted molar refractivity (Wildman–Crippen MR) is 57.9 cm³/mol. The lowest BCUT2D eigenvalue weighted by Crippen LogP contribution is -2.29. The summed E-state index contributed by atoms with van der Waals surface area (Å²) in [5, 5.41) is 18.1. The third-order valence-corrected chi connectivity index (χ3v) is 2.64. The topological polar surface area (TPSA) is 57.5 Å². The van der Waals surface area contributed by atoms with Crippen molar-refractivity contribution < 1.29 is 15.0 Å². The molecule has 0 heterocycles. The molecule has 0 aliphatic heterocycles. The molecule has 1 aromatic carbocycles. The molecule has 3 nitrogen and oxygen atoms in total. The van der Waals surface area contributed by atoms with Crippen molar-refractivity contribution in [1.82, 2.24) is 0 Å². The molecule has 0 aliphatic rings. The first-order chi connectivity index (χ1) is 6.98. The molecule has 1 rings (SSSR count). The largest absolute Gasteiger partial charge is 0.481 e. The number of benzene rings is 1. The van der Waals surface area contributed by atoms with Crippen LogP contribution in [0, 0.1) is 6.92 Å². The van der Waals surface area contributed by atoms with Crippen molar-refractivity contribution in [2.75, 3.05) is 6.61 Å². The molecular formula is C12H16O3. The van der Waals surface area contributed by atoms with Crippen LogP contribution in [0.3, 0.4) is 0 Å². The second kappa shape index (κ2) is 4.45. The lowest BCUT2D eigenvalue weighted by molar-refractivity contribution is -0.138. The quantitative estimate of drug-likeness (QED) is 0.792. The minimum atomic E-state index is -0.896. The highest BCUT2D eigenvalue weighted by atomic mass is 16.4. The second-order valence-electron chi connectivity index (χ2n) is 4.16. The number of hydrogen-bond donors (Lipinski definition) is 2. The van der Waals surface area contributed by atoms with Crippen molar-refractivity contribution in [2.45, 2.75) is 25.7 Å². The zero-order chi connectivity index (χ0) is 11.5. The van der Waals surface area contributed by atoms with Gasteiger partial charge in [-0.25, -0.2) is 0 Å². The van der Waals surface area contributed by atoms with E-state index in [4.69, 9.17) is 5.11 Å². The first-order valence-electron chi connectivity index (χ1n) is 4.88. The van der Waals surface area contributed by atoms with E-state index in [-0.39, 0.29) is 13.0 Å². The highest BCUT2D eigenvalue weighted by Crippen LogP contribution is 2.27. The summed E-state index contributed by atoms with van der Waals surface area (Å²) in [5.74, 6) is -0.896. The van der Waals surface area contributed by atoms with Gasteiger partial charge < -0.3 is 10.2 Å². The Labute approximate surface area is 89.4 Å². The van der Waals surface area contributed by atoms with E-state index in [1.165, 1.54) is 0 Å². The summed E-state index contributed by atoms with van der Waals surface area (Å²) in [4.78, 5) is 10.7. The molecule has 1 aromatic rings. The van der Waals surface area contributed by atoms with Gasteiger partial charge in [0.15, 0.2) is 0 Å². The van der Waals surface area contributed by atoms with Crippen LogP contribution in [0.5, 0.6) is 0 Å². The van der Waals surface area contributed by atoms with Crippen molar-refractivity contribution in [3.63, 3.8) is 0 Å². The molecule has 3 heteroatoms. The number of rotatable bonds is 4. The maximum absolute atomic E-state index is 10.7. The Hall–Kier alpha value is -1.35. The van der Waals surface area contributed by atoms with Crippen molar-refractivity contribution in [2.24, 2.45) is 0 Å². The van der Waals surface area contributed by atoms with Crippen LogP contribution in [-0.2, 0) is 10.2 Å². The van der Waals surface area contributed by atoms with Crippen LogP contribution in [0.25, 0.3) is 0 Å². The molecule has 82 valence electrons. The first kappa shape index (κ1) is 11.7. The maximum Gasteiger partial charge on any atom is 0.304 e. The van der Waals surface area contributed by atoms with Crippen LogP contribution >= 0.6 is 0 Å². The van der Waals surface area contributed by atoms with E-state index in [0.29, 0.717) is 0 Å². The highest BCUT2D eigenvalue weighted by Gasteiger charge is 2.28. The summed E-state index contributed by atoms with van der Waals surface area (Å²) >= 11 is 0. The Morgan fingerprint density at radius 2 is 1.87 bits per heavy atom. The monoisotopic (exact) mass is 208 g/mol. The van der Waals surface area contributed by atoms with Gasteiger partial charge in [-0.3, -0.25) is 4.79 Å². The molecule has 0 bridgehead atoms. The number of carbonyl (C=O) groups is 1. The van der Waals surface area contributed by atoms with Gasteiger partial charge >= 0.3 is 5.97 Å². The number of carboxylic acids is 1. The van der Waals surface area contributed by atoms with E-state index >= 15 is 0 Å². The van der Waals surface area contributed by atoms with E-state index in [1.807, 2.05) is 31.2 Å². The molecule has 0 amide bonds. The third-order valence-electron chi connectivity index (χ3n) is 2.64. The molecule has 0 spiro atoms. The average molecular weight is 208 g/mol. The fraction of sp³-hybridized carbons (Fsp3) is 0.417. The minimum Gasteiger partial charge on any atom is -0.481 e. The van der Waals surface area contributed by atoms with Gasteiger partial charge in [-0.2, -0.15) is 0 Å². The van der Waals surface area contributed by atoms with Gasteiger partial charge in [0.2, 0.25) is 0 Å². The molecule has 0 saturated heterocycles. The Balaban J connectivity index is 3.00. The summed E-state index contributed by atoms with van der Waals surface area (Å²) in [5.41, 5.74) is 1.28. The smallest absolute Gasteiger partial charge is 0.304 e. The van der Waals surface area contributed by atoms with Gasteiger partial charge in [0.05, 0.1) is 13.0 Å². The maximum atomic E-state index is 10.7. The van der Waals surface area contributed by atoms with Gasteiger partial charge in [-0.1, -0.05) is 36.8 Å². The molecule has 0 aliphatic carbocycles. The van der Waals surface area contributed by atoms with Crippen molar-refractivity contribution in [3.05, 3.63) is 35.4 Å². The predicted octanol–water partition coefficient (Wildman–Crippen LogP) is 1.72. The molecule has 0 aromatic heterocycles. The van der Waals surface area contributed by atoms with Crippen molar-refractivity contribution in [3.8, 4) is 0 Å². The summed E-state index contributed by atoms with van der Waals surface area (Å²) in [6.45, 7) is 3.56. The van der Waals surface area contributed by atoms with Crippen LogP contribution in [0.1, 0.15) is 24.5 Å². The van der Waals surface area contributed by atoms with E-state index in [1.54, 1.807) is 6.92 Å². The average Bonchev–Trinajstić information content (AvgIpc) is 2.17. The Morgan fingerprint density at radius 3 is 2.27 bits per heavy atom. The SMILES string of the molecule is Cc1ccc(C(C)(CO)CC(=O)O)cc1. The van der Waals surface area contributed by atoms with E-state index in [0.717, 1.165) is 11.1 Å². The summed E-state index contributed by atoms with van der Waals surface area (Å²) in [6.07, 6.45) is -0.0629. The van der Waals surface area contributed by atoms with Crippen LogP contribution in [0.15, 0.2) is 24.3 Å². The molecule has 0 saturated carbocycles. The standard InChI is InChI=1S/C12H16O3/c1-9-3-5-10(6-4-9)12(2,8-13)7-11(14)15/h3-6,13H,7-8H2,1-2H3,(H,14,15). The van der Waals surface area contributed by atoms with Gasteiger partial charge in [0.25, 0.3) is 0 Å². The zero-order valence-corrected chi connectivity index (χ0v) is 9.03. The lowest BCUT2D eigenvalue weighted by atomic mass is 9.80. The van der Waals surface area contributed by atoms with Gasteiger partial charge in [0, 0.05) is 5.41 Å². The van der Waals surface area contributed by atoms with Gasteiger partial charge in [-0.15, -0.1) is 0 Å². The van der Waals surface area contributed by atoms with E-state index in [2.05, 4.69) is 0 Å². The number of aliphatic carboxylic acids is 1. The molecule has 0 fully saturated rings. The highest BCUT2D eigenvalue weighted by molar-refractivity contribution is 5.69. The van der Waals surface area contributed by atoms with Crippen molar-refractivity contribution in [1.29, 1.82) is 0 Å². The molecule has 1 unspecified atom stereocenters. The Morgan fingerprint density at radius 1 is 1.33 bits per heavy atom. The number of hydrogen-bond acceptors (Lipinski definition) is 2. The van der Waals surface area contributed by atoms with Crippen LogP contribution < -0.4 is 0 Å². The number of carboxylic acid groups (broad SMARTS) is 1. The summed E-state index contributed by atoms with van der Waals surface area (Å²) in [6, 6.07) is 7.58. The van der Waals surface area contributed by atoms with Crippen LogP contribution in [0.2, 0.25) is 0 Å². The molecular weight excluding hydrogens is 192 g/mol. The fourth-order valence-corrected chi connectivity index (χ4v) is 1.54. The molecule has 2 N–H and O–H groups in total. The van der Waals surface area contributed by atoms with E-state index < -0.39 is 11.4 Å². The zero-order valence-electron chi connectivity index (χ0n) is 9.03. The van der Waals surface area contributed by atoms with E-state index in [9.17, 15) is 9.90 Å². The van der Waals surface area contributed by atoms with Crippen molar-refractivity contribution >= 4 is 5.97 Å². The van der Waals surface area contributed by atoms with Gasteiger partial charge in [0.1, 0.15) is 0 Å². The third kappa shape index (κ3) is 2.80. The molecule has 1 atom stereocenters. The summed E-state index contributed by atoms with van der Waals surface area (Å²) in [7, 11) is 0. The normalized spacial score (nSPS) is 14.6. The number of aryl methyl sites for hydroxylation is 1. The minimum absolute atomic E-state index is 0.0629. The van der Waals surface area contributed by atoms with Gasteiger partial charge in [-0.05, 0) is 12.5 Å². The molecule has 15 heavy (non-hydrogen) atoms.